The summed E-state index contributed by atoms with van der Waals surface area (Å²) in [5.41, 5.74) is -0.783. The van der Waals surface area contributed by atoms with Crippen molar-refractivity contribution in [3.63, 3.8) is 0 Å². The fourth-order valence-corrected chi connectivity index (χ4v) is 3.47. The maximum atomic E-state index is 12.4. The molecular weight excluding hydrogens is 266 g/mol. The van der Waals surface area contributed by atoms with Gasteiger partial charge in [-0.15, -0.1) is 0 Å². The Morgan fingerprint density at radius 1 is 1.48 bits per heavy atom. The van der Waals surface area contributed by atoms with Gasteiger partial charge in [0.15, 0.2) is 0 Å². The van der Waals surface area contributed by atoms with Crippen LogP contribution in [0.2, 0.25) is 0 Å². The molecule has 1 heterocycles. The lowest BCUT2D eigenvalue weighted by Crippen LogP contribution is -2.53. The van der Waals surface area contributed by atoms with Gasteiger partial charge in [0.1, 0.15) is 5.41 Å². The van der Waals surface area contributed by atoms with Gasteiger partial charge in [0.05, 0.1) is 19.3 Å². The Labute approximate surface area is 127 Å². The molecule has 0 aromatic rings. The summed E-state index contributed by atoms with van der Waals surface area (Å²) in [6.45, 7) is 7.29. The molecule has 0 aromatic heterocycles. The molecule has 2 aliphatic rings. The first-order valence-electron chi connectivity index (χ1n) is 8.12. The first kappa shape index (κ1) is 16.3. The molecule has 0 spiro atoms. The Bertz CT molecular complexity index is 399. The highest BCUT2D eigenvalue weighted by atomic mass is 16.5. The van der Waals surface area contributed by atoms with E-state index in [2.05, 4.69) is 30.1 Å². The summed E-state index contributed by atoms with van der Waals surface area (Å²) in [6.07, 6.45) is 4.52. The predicted octanol–water partition coefficient (Wildman–Crippen LogP) is 1.69. The normalized spacial score (nSPS) is 27.6. The van der Waals surface area contributed by atoms with Crippen LogP contribution in [-0.4, -0.2) is 49.2 Å². The van der Waals surface area contributed by atoms with E-state index in [0.717, 1.165) is 39.0 Å². The van der Waals surface area contributed by atoms with Gasteiger partial charge in [0, 0.05) is 25.2 Å². The van der Waals surface area contributed by atoms with E-state index < -0.39 is 5.41 Å². The maximum Gasteiger partial charge on any atom is 0.240 e. The number of nitrogens with one attached hydrogen (secondary N) is 1. The second-order valence-electron chi connectivity index (χ2n) is 6.48. The average molecular weight is 293 g/mol. The SMILES string of the molecule is C[C@@H]1COCCN1[C@@H](C)CNC(=O)C1(C#N)CCCCC1. The van der Waals surface area contributed by atoms with E-state index in [1.54, 1.807) is 0 Å². The van der Waals surface area contributed by atoms with Crippen LogP contribution in [-0.2, 0) is 9.53 Å². The summed E-state index contributed by atoms with van der Waals surface area (Å²) >= 11 is 0. The van der Waals surface area contributed by atoms with Gasteiger partial charge in [0.25, 0.3) is 0 Å². The molecule has 1 N–H and O–H groups in total. The van der Waals surface area contributed by atoms with Crippen molar-refractivity contribution >= 4 is 5.91 Å². The van der Waals surface area contributed by atoms with Gasteiger partial charge < -0.3 is 10.1 Å². The Kier molecular flexibility index (Phi) is 5.60. The van der Waals surface area contributed by atoms with Crippen molar-refractivity contribution < 1.29 is 9.53 Å². The first-order chi connectivity index (χ1) is 10.1. The summed E-state index contributed by atoms with van der Waals surface area (Å²) in [6, 6.07) is 2.93. The number of ether oxygens (including phenoxy) is 1. The monoisotopic (exact) mass is 293 g/mol. The quantitative estimate of drug-likeness (QED) is 0.856. The molecule has 0 aromatic carbocycles. The standard InChI is InChI=1S/C16H27N3O2/c1-13(19-8-9-21-11-14(19)2)10-18-15(20)16(12-17)6-4-3-5-7-16/h13-14H,3-11H2,1-2H3,(H,18,20)/t13-,14+/m0/s1. The number of hydrogen-bond donors (Lipinski definition) is 1. The third-order valence-corrected chi connectivity index (χ3v) is 4.90. The van der Waals surface area contributed by atoms with Crippen molar-refractivity contribution in [2.24, 2.45) is 5.41 Å². The van der Waals surface area contributed by atoms with E-state index in [9.17, 15) is 10.1 Å². The van der Waals surface area contributed by atoms with Crippen LogP contribution >= 0.6 is 0 Å². The van der Waals surface area contributed by atoms with E-state index in [0.29, 0.717) is 25.4 Å². The molecule has 1 saturated carbocycles. The summed E-state index contributed by atoms with van der Waals surface area (Å²) in [4.78, 5) is 14.8. The fourth-order valence-electron chi connectivity index (χ4n) is 3.47. The maximum absolute atomic E-state index is 12.4. The molecule has 5 nitrogen and oxygen atoms in total. The number of hydrogen-bond acceptors (Lipinski definition) is 4. The molecule has 5 heteroatoms. The molecular formula is C16H27N3O2. The van der Waals surface area contributed by atoms with E-state index in [1.165, 1.54) is 0 Å². The largest absolute Gasteiger partial charge is 0.379 e. The minimum absolute atomic E-state index is 0.0718. The number of amides is 1. The van der Waals surface area contributed by atoms with Crippen molar-refractivity contribution in [3.8, 4) is 6.07 Å². The lowest BCUT2D eigenvalue weighted by molar-refractivity contribution is -0.130. The number of carbonyl (C=O) groups excluding carboxylic acids is 1. The molecule has 2 atom stereocenters. The molecule has 1 saturated heterocycles. The summed E-state index contributed by atoms with van der Waals surface area (Å²) in [5, 5.41) is 12.4. The van der Waals surface area contributed by atoms with Gasteiger partial charge >= 0.3 is 0 Å². The van der Waals surface area contributed by atoms with Crippen LogP contribution in [0.4, 0.5) is 0 Å². The second-order valence-corrected chi connectivity index (χ2v) is 6.48. The molecule has 118 valence electrons. The third-order valence-electron chi connectivity index (χ3n) is 4.90. The van der Waals surface area contributed by atoms with Crippen LogP contribution in [0.5, 0.6) is 0 Å². The lowest BCUT2D eigenvalue weighted by atomic mass is 9.74. The smallest absolute Gasteiger partial charge is 0.240 e. The van der Waals surface area contributed by atoms with Crippen molar-refractivity contribution in [1.82, 2.24) is 10.2 Å². The van der Waals surface area contributed by atoms with Crippen LogP contribution in [0.1, 0.15) is 46.0 Å². The predicted molar refractivity (Wildman–Crippen MR) is 80.6 cm³/mol. The fraction of sp³-hybridized carbons (Fsp3) is 0.875. The average Bonchev–Trinajstić information content (AvgIpc) is 2.53. The number of carbonyl (C=O) groups is 1. The highest BCUT2D eigenvalue weighted by molar-refractivity contribution is 5.85. The minimum atomic E-state index is -0.783. The molecule has 2 rings (SSSR count). The first-order valence-corrected chi connectivity index (χ1v) is 8.12. The number of morpholine rings is 1. The van der Waals surface area contributed by atoms with Crippen molar-refractivity contribution in [2.75, 3.05) is 26.3 Å². The van der Waals surface area contributed by atoms with Crippen LogP contribution in [0.15, 0.2) is 0 Å². The van der Waals surface area contributed by atoms with Crippen LogP contribution in [0.25, 0.3) is 0 Å². The number of rotatable bonds is 4. The summed E-state index contributed by atoms with van der Waals surface area (Å²) in [7, 11) is 0. The topological polar surface area (TPSA) is 65.4 Å². The highest BCUT2D eigenvalue weighted by Gasteiger charge is 2.39. The van der Waals surface area contributed by atoms with Crippen LogP contribution in [0, 0.1) is 16.7 Å². The Hall–Kier alpha value is -1.12. The van der Waals surface area contributed by atoms with E-state index in [4.69, 9.17) is 4.74 Å². The number of nitriles is 1. The summed E-state index contributed by atoms with van der Waals surface area (Å²) < 4.78 is 5.44. The molecule has 1 amide bonds. The molecule has 0 radical (unpaired) electrons. The Balaban J connectivity index is 1.86. The minimum Gasteiger partial charge on any atom is -0.379 e. The molecule has 21 heavy (non-hydrogen) atoms. The Morgan fingerprint density at radius 2 is 2.19 bits per heavy atom. The Morgan fingerprint density at radius 3 is 2.81 bits per heavy atom. The van der Waals surface area contributed by atoms with Crippen molar-refractivity contribution in [1.29, 1.82) is 5.26 Å². The van der Waals surface area contributed by atoms with Crippen LogP contribution < -0.4 is 5.32 Å². The van der Waals surface area contributed by atoms with Gasteiger partial charge in [-0.2, -0.15) is 5.26 Å². The number of nitrogens with zero attached hydrogens (tertiary/aromatic N) is 2. The van der Waals surface area contributed by atoms with Gasteiger partial charge in [-0.25, -0.2) is 0 Å². The van der Waals surface area contributed by atoms with Gasteiger partial charge in [0.2, 0.25) is 5.91 Å². The van der Waals surface area contributed by atoms with Gasteiger partial charge in [-0.3, -0.25) is 9.69 Å². The van der Waals surface area contributed by atoms with Gasteiger partial charge in [-0.1, -0.05) is 19.3 Å². The molecule has 2 fully saturated rings. The van der Waals surface area contributed by atoms with E-state index >= 15 is 0 Å². The van der Waals surface area contributed by atoms with E-state index in [-0.39, 0.29) is 11.9 Å². The highest BCUT2D eigenvalue weighted by Crippen LogP contribution is 2.35. The van der Waals surface area contributed by atoms with Crippen LogP contribution in [0.3, 0.4) is 0 Å². The zero-order valence-electron chi connectivity index (χ0n) is 13.2. The third kappa shape index (κ3) is 3.75. The van der Waals surface area contributed by atoms with E-state index in [1.807, 2.05) is 0 Å². The van der Waals surface area contributed by atoms with Crippen molar-refractivity contribution in [3.05, 3.63) is 0 Å². The molecule has 1 aliphatic heterocycles. The van der Waals surface area contributed by atoms with Gasteiger partial charge in [-0.05, 0) is 26.7 Å². The summed E-state index contributed by atoms with van der Waals surface area (Å²) in [5.74, 6) is -0.0718. The lowest BCUT2D eigenvalue weighted by Gasteiger charge is -2.38. The zero-order chi connectivity index (χ0) is 15.3. The molecule has 0 unspecified atom stereocenters. The zero-order valence-corrected chi connectivity index (χ0v) is 13.2. The molecule has 0 bridgehead atoms. The second kappa shape index (κ2) is 7.24. The van der Waals surface area contributed by atoms with Crippen molar-refractivity contribution in [2.45, 2.75) is 58.0 Å². The molecule has 1 aliphatic carbocycles.